The summed E-state index contributed by atoms with van der Waals surface area (Å²) in [5.41, 5.74) is 0. The number of aliphatic hydroxyl groups excluding tert-OH is 1. The molecule has 94 valence electrons. The third kappa shape index (κ3) is 4.61. The highest BCUT2D eigenvalue weighted by atomic mass is 16.4. The van der Waals surface area contributed by atoms with Gasteiger partial charge in [0, 0.05) is 19.5 Å². The van der Waals surface area contributed by atoms with E-state index in [1.54, 1.807) is 20.9 Å². The molecule has 0 aliphatic carbocycles. The van der Waals surface area contributed by atoms with Gasteiger partial charge in [0.2, 0.25) is 5.91 Å². The van der Waals surface area contributed by atoms with Crippen molar-refractivity contribution in [2.75, 3.05) is 13.6 Å². The molecule has 0 spiro atoms. The monoisotopic (exact) mass is 231 g/mol. The number of rotatable bonds is 6. The molecule has 0 heterocycles. The summed E-state index contributed by atoms with van der Waals surface area (Å²) in [6.07, 6.45) is 0.0404. The largest absolute Gasteiger partial charge is 0.481 e. The topological polar surface area (TPSA) is 77.8 Å². The summed E-state index contributed by atoms with van der Waals surface area (Å²) in [7, 11) is 1.62. The van der Waals surface area contributed by atoms with Crippen LogP contribution in [-0.2, 0) is 9.59 Å². The molecule has 2 N–H and O–H groups in total. The second kappa shape index (κ2) is 6.48. The van der Waals surface area contributed by atoms with Crippen molar-refractivity contribution >= 4 is 11.9 Å². The van der Waals surface area contributed by atoms with E-state index in [2.05, 4.69) is 0 Å². The van der Waals surface area contributed by atoms with Crippen molar-refractivity contribution in [2.24, 2.45) is 11.8 Å². The van der Waals surface area contributed by atoms with Gasteiger partial charge >= 0.3 is 5.97 Å². The first-order valence-electron chi connectivity index (χ1n) is 5.43. The number of amides is 1. The molecule has 0 saturated carbocycles. The molecule has 1 amide bonds. The highest BCUT2D eigenvalue weighted by Crippen LogP contribution is 2.14. The number of aliphatic hydroxyl groups is 1. The van der Waals surface area contributed by atoms with Gasteiger partial charge in [0.05, 0.1) is 12.0 Å². The third-order valence-corrected chi connectivity index (χ3v) is 2.79. The van der Waals surface area contributed by atoms with Gasteiger partial charge in [-0.05, 0) is 13.3 Å². The highest BCUT2D eigenvalue weighted by molar-refractivity contribution is 5.84. The van der Waals surface area contributed by atoms with Crippen LogP contribution in [0, 0.1) is 11.8 Å². The van der Waals surface area contributed by atoms with E-state index >= 15 is 0 Å². The average molecular weight is 231 g/mol. The Morgan fingerprint density at radius 2 is 1.69 bits per heavy atom. The molecule has 5 nitrogen and oxygen atoms in total. The zero-order chi connectivity index (χ0) is 12.9. The van der Waals surface area contributed by atoms with Crippen molar-refractivity contribution in [3.05, 3.63) is 0 Å². The summed E-state index contributed by atoms with van der Waals surface area (Å²) < 4.78 is 0. The molecule has 0 radical (unpaired) electrons. The summed E-state index contributed by atoms with van der Waals surface area (Å²) in [6, 6.07) is 0. The summed E-state index contributed by atoms with van der Waals surface area (Å²) in [5, 5.41) is 17.9. The van der Waals surface area contributed by atoms with Crippen LogP contribution in [0.1, 0.15) is 27.2 Å². The number of hydrogen-bond acceptors (Lipinski definition) is 3. The van der Waals surface area contributed by atoms with Crippen LogP contribution < -0.4 is 0 Å². The van der Waals surface area contributed by atoms with Gasteiger partial charge in [-0.1, -0.05) is 13.8 Å². The number of aliphatic carboxylic acids is 1. The Balaban J connectivity index is 4.26. The fourth-order valence-corrected chi connectivity index (χ4v) is 1.27. The number of carbonyl (C=O) groups is 2. The molecule has 0 aliphatic rings. The second-order valence-electron chi connectivity index (χ2n) is 4.31. The molecular weight excluding hydrogens is 210 g/mol. The average Bonchev–Trinajstić information content (AvgIpc) is 2.22. The van der Waals surface area contributed by atoms with Gasteiger partial charge in [-0.3, -0.25) is 9.59 Å². The van der Waals surface area contributed by atoms with Gasteiger partial charge in [-0.2, -0.15) is 0 Å². The summed E-state index contributed by atoms with van der Waals surface area (Å²) >= 11 is 0. The lowest BCUT2D eigenvalue weighted by Gasteiger charge is -2.23. The van der Waals surface area contributed by atoms with Gasteiger partial charge in [-0.25, -0.2) is 0 Å². The Morgan fingerprint density at radius 3 is 2.06 bits per heavy atom. The molecule has 0 bridgehead atoms. The standard InChI is InChI=1S/C11H21NO4/c1-7(13)5-6-12(4)10(14)8(2)9(3)11(15)16/h7-9,13H,5-6H2,1-4H3,(H,15,16). The minimum absolute atomic E-state index is 0.199. The van der Waals surface area contributed by atoms with Gasteiger partial charge in [0.1, 0.15) is 0 Å². The van der Waals surface area contributed by atoms with Crippen molar-refractivity contribution in [3.63, 3.8) is 0 Å². The maximum absolute atomic E-state index is 11.8. The second-order valence-corrected chi connectivity index (χ2v) is 4.31. The van der Waals surface area contributed by atoms with Crippen molar-refractivity contribution in [1.82, 2.24) is 4.90 Å². The number of carboxylic acid groups (broad SMARTS) is 1. The first-order chi connectivity index (χ1) is 7.27. The first kappa shape index (κ1) is 14.9. The predicted molar refractivity (Wildman–Crippen MR) is 59.9 cm³/mol. The fraction of sp³-hybridized carbons (Fsp3) is 0.818. The van der Waals surface area contributed by atoms with Crippen LogP contribution in [0.2, 0.25) is 0 Å². The molecule has 0 aliphatic heterocycles. The third-order valence-electron chi connectivity index (χ3n) is 2.79. The molecular formula is C11H21NO4. The van der Waals surface area contributed by atoms with Crippen LogP contribution in [0.4, 0.5) is 0 Å². The lowest BCUT2D eigenvalue weighted by Crippen LogP contribution is -2.37. The molecule has 0 rings (SSSR count). The molecule has 0 aromatic heterocycles. The molecule has 16 heavy (non-hydrogen) atoms. The van der Waals surface area contributed by atoms with Crippen molar-refractivity contribution in [3.8, 4) is 0 Å². The van der Waals surface area contributed by atoms with E-state index in [4.69, 9.17) is 10.2 Å². The molecule has 0 aromatic rings. The van der Waals surface area contributed by atoms with Crippen LogP contribution in [-0.4, -0.2) is 46.7 Å². The van der Waals surface area contributed by atoms with Crippen LogP contribution in [0.25, 0.3) is 0 Å². The van der Waals surface area contributed by atoms with E-state index in [1.165, 1.54) is 11.8 Å². The van der Waals surface area contributed by atoms with Gasteiger partial charge in [0.15, 0.2) is 0 Å². The van der Waals surface area contributed by atoms with E-state index in [9.17, 15) is 9.59 Å². The minimum Gasteiger partial charge on any atom is -0.481 e. The first-order valence-corrected chi connectivity index (χ1v) is 5.43. The maximum atomic E-state index is 11.8. The number of carboxylic acids is 1. The summed E-state index contributed by atoms with van der Waals surface area (Å²) in [6.45, 7) is 5.22. The Kier molecular flexibility index (Phi) is 6.03. The van der Waals surface area contributed by atoms with Crippen LogP contribution in [0.5, 0.6) is 0 Å². The SMILES string of the molecule is CC(O)CCN(C)C(=O)C(C)C(C)C(=O)O. The number of hydrogen-bond donors (Lipinski definition) is 2. The Morgan fingerprint density at radius 1 is 1.19 bits per heavy atom. The maximum Gasteiger partial charge on any atom is 0.307 e. The lowest BCUT2D eigenvalue weighted by molar-refractivity contribution is -0.148. The van der Waals surface area contributed by atoms with E-state index in [1.807, 2.05) is 0 Å². The smallest absolute Gasteiger partial charge is 0.307 e. The van der Waals surface area contributed by atoms with E-state index < -0.39 is 23.9 Å². The molecule has 5 heteroatoms. The van der Waals surface area contributed by atoms with E-state index in [0.29, 0.717) is 13.0 Å². The molecule has 0 fully saturated rings. The van der Waals surface area contributed by atoms with E-state index in [-0.39, 0.29) is 5.91 Å². The van der Waals surface area contributed by atoms with Crippen LogP contribution in [0.15, 0.2) is 0 Å². The van der Waals surface area contributed by atoms with Gasteiger partial charge in [-0.15, -0.1) is 0 Å². The predicted octanol–water partition coefficient (Wildman–Crippen LogP) is 0.572. The Bertz CT molecular complexity index is 252. The number of nitrogens with zero attached hydrogens (tertiary/aromatic N) is 1. The zero-order valence-corrected chi connectivity index (χ0v) is 10.3. The van der Waals surface area contributed by atoms with Gasteiger partial charge < -0.3 is 15.1 Å². The van der Waals surface area contributed by atoms with Crippen molar-refractivity contribution in [1.29, 1.82) is 0 Å². The lowest BCUT2D eigenvalue weighted by atomic mass is 9.95. The normalized spacial score (nSPS) is 16.3. The van der Waals surface area contributed by atoms with Crippen LogP contribution >= 0.6 is 0 Å². The highest BCUT2D eigenvalue weighted by Gasteiger charge is 2.27. The van der Waals surface area contributed by atoms with Crippen molar-refractivity contribution < 1.29 is 19.8 Å². The Labute approximate surface area is 96.1 Å². The fourth-order valence-electron chi connectivity index (χ4n) is 1.27. The van der Waals surface area contributed by atoms with Crippen LogP contribution in [0.3, 0.4) is 0 Å². The number of carbonyl (C=O) groups excluding carboxylic acids is 1. The van der Waals surface area contributed by atoms with Crippen molar-refractivity contribution in [2.45, 2.75) is 33.3 Å². The molecule has 3 atom stereocenters. The molecule has 3 unspecified atom stereocenters. The zero-order valence-electron chi connectivity index (χ0n) is 10.3. The van der Waals surface area contributed by atoms with E-state index in [0.717, 1.165) is 0 Å². The van der Waals surface area contributed by atoms with Gasteiger partial charge in [0.25, 0.3) is 0 Å². The minimum atomic E-state index is -0.968. The Hall–Kier alpha value is -1.10. The summed E-state index contributed by atoms with van der Waals surface area (Å²) in [4.78, 5) is 24.0. The summed E-state index contributed by atoms with van der Waals surface area (Å²) in [5.74, 6) is -2.40. The molecule has 0 saturated heterocycles. The quantitative estimate of drug-likeness (QED) is 0.700. The molecule has 0 aromatic carbocycles.